The van der Waals surface area contributed by atoms with E-state index >= 15 is 0 Å². The molecule has 0 aliphatic heterocycles. The lowest BCUT2D eigenvalue weighted by atomic mass is 10.1. The van der Waals surface area contributed by atoms with E-state index in [-0.39, 0.29) is 11.8 Å². The molecule has 1 amide bonds. The molecule has 0 spiro atoms. The van der Waals surface area contributed by atoms with Gasteiger partial charge < -0.3 is 15.5 Å². The van der Waals surface area contributed by atoms with Gasteiger partial charge in [-0.3, -0.25) is 4.79 Å². The fourth-order valence-corrected chi connectivity index (χ4v) is 2.27. The van der Waals surface area contributed by atoms with E-state index in [0.29, 0.717) is 12.6 Å². The Hall–Kier alpha value is -1.62. The Kier molecular flexibility index (Phi) is 6.62. The van der Waals surface area contributed by atoms with Gasteiger partial charge in [-0.05, 0) is 24.1 Å². The van der Waals surface area contributed by atoms with Gasteiger partial charge in [-0.2, -0.15) is 0 Å². The molecule has 0 bridgehead atoms. The third-order valence-corrected chi connectivity index (χ3v) is 3.42. The topological polar surface area (TPSA) is 57.3 Å². The predicted molar refractivity (Wildman–Crippen MR) is 87.5 cm³/mol. The Labute approximate surface area is 128 Å². The minimum atomic E-state index is -0.0662. The Morgan fingerprint density at radius 1 is 1.38 bits per heavy atom. The number of hydrogen-bond donors (Lipinski definition) is 2. The van der Waals surface area contributed by atoms with Gasteiger partial charge >= 0.3 is 0 Å². The van der Waals surface area contributed by atoms with Crippen molar-refractivity contribution in [3.63, 3.8) is 0 Å². The number of nitrogens with one attached hydrogen (secondary N) is 2. The van der Waals surface area contributed by atoms with Gasteiger partial charge in [0.1, 0.15) is 5.82 Å². The average molecular weight is 292 g/mol. The molecule has 0 saturated carbocycles. The van der Waals surface area contributed by atoms with Crippen molar-refractivity contribution in [2.45, 2.75) is 40.3 Å². The number of carbonyl (C=O) groups is 1. The molecule has 21 heavy (non-hydrogen) atoms. The van der Waals surface area contributed by atoms with Crippen LogP contribution in [0, 0.1) is 12.8 Å². The molecular weight excluding hydrogens is 264 g/mol. The maximum absolute atomic E-state index is 11.6. The van der Waals surface area contributed by atoms with E-state index in [1.54, 1.807) is 7.05 Å². The van der Waals surface area contributed by atoms with Gasteiger partial charge in [0.25, 0.3) is 0 Å². The zero-order valence-electron chi connectivity index (χ0n) is 14.0. The molecule has 0 aliphatic rings. The minimum absolute atomic E-state index is 0.0530. The maximum Gasteiger partial charge on any atom is 0.224 e. The highest BCUT2D eigenvalue weighted by molar-refractivity contribution is 5.78. The monoisotopic (exact) mass is 292 g/mol. The zero-order valence-corrected chi connectivity index (χ0v) is 14.0. The summed E-state index contributed by atoms with van der Waals surface area (Å²) in [5, 5.41) is 6.06. The number of nitrogens with zero attached hydrogens (tertiary/aromatic N) is 2. The van der Waals surface area contributed by atoms with Crippen LogP contribution in [0.2, 0.25) is 0 Å². The van der Waals surface area contributed by atoms with E-state index in [0.717, 1.165) is 17.9 Å². The molecule has 0 aliphatic carbocycles. The van der Waals surface area contributed by atoms with Crippen LogP contribution in [0.1, 0.15) is 31.9 Å². The molecule has 0 aromatic carbocycles. The fourth-order valence-electron chi connectivity index (χ4n) is 2.27. The quantitative estimate of drug-likeness (QED) is 0.803. The summed E-state index contributed by atoms with van der Waals surface area (Å²) in [6.45, 7) is 9.71. The SMILES string of the molecule is CNC(=O)C(C)CN(C)c1ncc(CNC(C)C)cc1C. The van der Waals surface area contributed by atoms with Crippen LogP contribution in [0.25, 0.3) is 0 Å². The van der Waals surface area contributed by atoms with Crippen LogP contribution in [0.3, 0.4) is 0 Å². The summed E-state index contributed by atoms with van der Waals surface area (Å²) in [5.74, 6) is 0.916. The van der Waals surface area contributed by atoms with Crippen molar-refractivity contribution in [3.05, 3.63) is 23.4 Å². The van der Waals surface area contributed by atoms with Crippen LogP contribution in [-0.2, 0) is 11.3 Å². The molecule has 0 radical (unpaired) electrons. The van der Waals surface area contributed by atoms with Crippen molar-refractivity contribution >= 4 is 11.7 Å². The number of amides is 1. The number of aromatic nitrogens is 1. The highest BCUT2D eigenvalue weighted by Crippen LogP contribution is 2.18. The minimum Gasteiger partial charge on any atom is -0.359 e. The molecule has 5 heteroatoms. The molecule has 1 atom stereocenters. The van der Waals surface area contributed by atoms with E-state index in [9.17, 15) is 4.79 Å². The van der Waals surface area contributed by atoms with Crippen LogP contribution in [0.15, 0.2) is 12.3 Å². The first-order chi connectivity index (χ1) is 9.85. The van der Waals surface area contributed by atoms with Crippen molar-refractivity contribution in [2.24, 2.45) is 5.92 Å². The van der Waals surface area contributed by atoms with Crippen LogP contribution in [0.4, 0.5) is 5.82 Å². The lowest BCUT2D eigenvalue weighted by Crippen LogP contribution is -2.35. The largest absolute Gasteiger partial charge is 0.359 e. The van der Waals surface area contributed by atoms with Crippen molar-refractivity contribution in [3.8, 4) is 0 Å². The lowest BCUT2D eigenvalue weighted by molar-refractivity contribution is -0.123. The summed E-state index contributed by atoms with van der Waals surface area (Å²) < 4.78 is 0. The first kappa shape index (κ1) is 17.4. The van der Waals surface area contributed by atoms with Gasteiger partial charge in [0.05, 0.1) is 5.92 Å². The smallest absolute Gasteiger partial charge is 0.224 e. The van der Waals surface area contributed by atoms with Crippen molar-refractivity contribution < 1.29 is 4.79 Å². The van der Waals surface area contributed by atoms with Crippen molar-refractivity contribution in [1.82, 2.24) is 15.6 Å². The highest BCUT2D eigenvalue weighted by Gasteiger charge is 2.16. The first-order valence-corrected chi connectivity index (χ1v) is 7.46. The van der Waals surface area contributed by atoms with Gasteiger partial charge in [-0.1, -0.05) is 20.8 Å². The summed E-state index contributed by atoms with van der Waals surface area (Å²) in [4.78, 5) is 18.2. The second-order valence-electron chi connectivity index (χ2n) is 5.92. The second-order valence-corrected chi connectivity index (χ2v) is 5.92. The molecule has 0 saturated heterocycles. The molecule has 5 nitrogen and oxygen atoms in total. The van der Waals surface area contributed by atoms with E-state index in [2.05, 4.69) is 42.5 Å². The zero-order chi connectivity index (χ0) is 16.0. The third kappa shape index (κ3) is 5.34. The number of anilines is 1. The van der Waals surface area contributed by atoms with E-state index in [1.165, 1.54) is 5.56 Å². The summed E-state index contributed by atoms with van der Waals surface area (Å²) in [7, 11) is 3.64. The number of aryl methyl sites for hydroxylation is 1. The van der Waals surface area contributed by atoms with Crippen LogP contribution >= 0.6 is 0 Å². The number of hydrogen-bond acceptors (Lipinski definition) is 4. The highest BCUT2D eigenvalue weighted by atomic mass is 16.1. The van der Waals surface area contributed by atoms with Crippen LogP contribution in [0.5, 0.6) is 0 Å². The fraction of sp³-hybridized carbons (Fsp3) is 0.625. The molecule has 0 fully saturated rings. The predicted octanol–water partition coefficient (Wildman–Crippen LogP) is 1.71. The van der Waals surface area contributed by atoms with E-state index in [4.69, 9.17) is 0 Å². The molecule has 1 aromatic rings. The normalized spacial score (nSPS) is 12.3. The van der Waals surface area contributed by atoms with E-state index < -0.39 is 0 Å². The molecule has 1 rings (SSSR count). The molecule has 118 valence electrons. The van der Waals surface area contributed by atoms with E-state index in [1.807, 2.05) is 25.1 Å². The summed E-state index contributed by atoms with van der Waals surface area (Å²) in [6.07, 6.45) is 1.90. The van der Waals surface area contributed by atoms with Gasteiger partial charge in [-0.15, -0.1) is 0 Å². The Bertz CT molecular complexity index is 473. The van der Waals surface area contributed by atoms with Gasteiger partial charge in [0.2, 0.25) is 5.91 Å². The Balaban J connectivity index is 2.72. The van der Waals surface area contributed by atoms with Crippen LogP contribution in [-0.4, -0.2) is 37.6 Å². The molecular formula is C16H28N4O. The Morgan fingerprint density at radius 2 is 2.05 bits per heavy atom. The summed E-state index contributed by atoms with van der Waals surface area (Å²) >= 11 is 0. The van der Waals surface area contributed by atoms with Gasteiger partial charge in [0, 0.05) is 39.4 Å². The second kappa shape index (κ2) is 7.98. The standard InChI is InChI=1S/C16H28N4O/c1-11(2)18-8-14-7-12(3)15(19-9-14)20(6)10-13(4)16(21)17-5/h7,9,11,13,18H,8,10H2,1-6H3,(H,17,21). The first-order valence-electron chi connectivity index (χ1n) is 7.46. The van der Waals surface area contributed by atoms with Crippen molar-refractivity contribution in [2.75, 3.05) is 25.5 Å². The Morgan fingerprint density at radius 3 is 2.57 bits per heavy atom. The lowest BCUT2D eigenvalue weighted by Gasteiger charge is -2.23. The molecule has 1 aromatic heterocycles. The van der Waals surface area contributed by atoms with Gasteiger partial charge in [0.15, 0.2) is 0 Å². The number of pyridine rings is 1. The van der Waals surface area contributed by atoms with Crippen LogP contribution < -0.4 is 15.5 Å². The summed E-state index contributed by atoms with van der Waals surface area (Å²) in [5.41, 5.74) is 2.31. The average Bonchev–Trinajstić information content (AvgIpc) is 2.43. The molecule has 2 N–H and O–H groups in total. The number of rotatable bonds is 7. The molecule has 1 heterocycles. The van der Waals surface area contributed by atoms with Crippen molar-refractivity contribution in [1.29, 1.82) is 0 Å². The van der Waals surface area contributed by atoms with Gasteiger partial charge in [-0.25, -0.2) is 4.98 Å². The maximum atomic E-state index is 11.6. The number of carbonyl (C=O) groups excluding carboxylic acids is 1. The third-order valence-electron chi connectivity index (χ3n) is 3.42. The summed E-state index contributed by atoms with van der Waals surface area (Å²) in [6, 6.07) is 2.61. The molecule has 1 unspecified atom stereocenters.